The van der Waals surface area contributed by atoms with Gasteiger partial charge in [-0.3, -0.25) is 9.59 Å². The molecule has 0 bridgehead atoms. The molecule has 0 aromatic heterocycles. The number of nitrogens with one attached hydrogen (secondary N) is 1. The zero-order chi connectivity index (χ0) is 15.3. The van der Waals surface area contributed by atoms with Gasteiger partial charge in [0.25, 0.3) is 0 Å². The molecule has 5 nitrogen and oxygen atoms in total. The Bertz CT molecular complexity index is 350. The molecule has 0 saturated carbocycles. The Hall–Kier alpha value is -1.10. The minimum Gasteiger partial charge on any atom is -0.380 e. The van der Waals surface area contributed by atoms with Crippen LogP contribution in [0.25, 0.3) is 0 Å². The molecular weight excluding hydrogens is 256 g/mol. The highest BCUT2D eigenvalue weighted by Gasteiger charge is 2.45. The summed E-state index contributed by atoms with van der Waals surface area (Å²) < 4.78 is 5.35. The molecule has 0 aromatic rings. The van der Waals surface area contributed by atoms with E-state index < -0.39 is 6.04 Å². The third-order valence-electron chi connectivity index (χ3n) is 3.54. The van der Waals surface area contributed by atoms with E-state index in [4.69, 9.17) is 4.74 Å². The van der Waals surface area contributed by atoms with Gasteiger partial charge in [0.2, 0.25) is 11.8 Å². The molecule has 1 aliphatic heterocycles. The standard InChI is InChI=1S/C15H28N2O3/c1-6-8-11-14(19)17(9-10-20-7-2)12(13(18)16-11)15(3,4)5/h11-12H,6-10H2,1-5H3,(H,16,18). The van der Waals surface area contributed by atoms with Crippen molar-refractivity contribution in [3.8, 4) is 0 Å². The van der Waals surface area contributed by atoms with Crippen LogP contribution < -0.4 is 5.32 Å². The first-order valence-electron chi connectivity index (χ1n) is 7.51. The zero-order valence-electron chi connectivity index (χ0n) is 13.4. The molecule has 1 fully saturated rings. The summed E-state index contributed by atoms with van der Waals surface area (Å²) in [6.45, 7) is 11.5. The number of hydrogen-bond donors (Lipinski definition) is 1. The Labute approximate surface area is 122 Å². The Morgan fingerprint density at radius 1 is 1.25 bits per heavy atom. The van der Waals surface area contributed by atoms with Crippen molar-refractivity contribution in [2.24, 2.45) is 5.41 Å². The number of ether oxygens (including phenoxy) is 1. The summed E-state index contributed by atoms with van der Waals surface area (Å²) in [5, 5.41) is 2.87. The number of carbonyl (C=O) groups is 2. The van der Waals surface area contributed by atoms with Crippen molar-refractivity contribution >= 4 is 11.8 Å². The van der Waals surface area contributed by atoms with Gasteiger partial charge in [0, 0.05) is 13.2 Å². The normalized spacial score (nSPS) is 23.9. The Morgan fingerprint density at radius 2 is 1.90 bits per heavy atom. The second kappa shape index (κ2) is 7.07. The van der Waals surface area contributed by atoms with E-state index in [0.717, 1.165) is 6.42 Å². The molecule has 0 spiro atoms. The highest BCUT2D eigenvalue weighted by Crippen LogP contribution is 2.28. The van der Waals surface area contributed by atoms with E-state index in [1.165, 1.54) is 0 Å². The summed E-state index contributed by atoms with van der Waals surface area (Å²) >= 11 is 0. The molecule has 1 heterocycles. The van der Waals surface area contributed by atoms with Crippen molar-refractivity contribution in [1.82, 2.24) is 10.2 Å². The number of rotatable bonds is 6. The molecule has 1 rings (SSSR count). The zero-order valence-corrected chi connectivity index (χ0v) is 13.4. The predicted molar refractivity (Wildman–Crippen MR) is 78.3 cm³/mol. The number of amides is 2. The van der Waals surface area contributed by atoms with Crippen molar-refractivity contribution in [1.29, 1.82) is 0 Å². The van der Waals surface area contributed by atoms with Crippen molar-refractivity contribution in [2.45, 2.75) is 59.5 Å². The van der Waals surface area contributed by atoms with Crippen molar-refractivity contribution in [2.75, 3.05) is 19.8 Å². The quantitative estimate of drug-likeness (QED) is 0.753. The number of carbonyl (C=O) groups excluding carboxylic acids is 2. The molecule has 0 aliphatic carbocycles. The summed E-state index contributed by atoms with van der Waals surface area (Å²) in [6.07, 6.45) is 1.56. The van der Waals surface area contributed by atoms with Crippen molar-refractivity contribution in [3.63, 3.8) is 0 Å². The average molecular weight is 284 g/mol. The van der Waals surface area contributed by atoms with Crippen LogP contribution in [0.4, 0.5) is 0 Å². The van der Waals surface area contributed by atoms with Crippen LogP contribution in [-0.2, 0) is 14.3 Å². The lowest BCUT2D eigenvalue weighted by Gasteiger charge is -2.44. The van der Waals surface area contributed by atoms with E-state index in [-0.39, 0.29) is 23.3 Å². The predicted octanol–water partition coefficient (Wildman–Crippen LogP) is 1.56. The maximum Gasteiger partial charge on any atom is 0.245 e. The van der Waals surface area contributed by atoms with Gasteiger partial charge in [0.1, 0.15) is 12.1 Å². The van der Waals surface area contributed by atoms with E-state index in [2.05, 4.69) is 5.32 Å². The van der Waals surface area contributed by atoms with Gasteiger partial charge >= 0.3 is 0 Å². The summed E-state index contributed by atoms with van der Waals surface area (Å²) in [6, 6.07) is -0.809. The second-order valence-electron chi connectivity index (χ2n) is 6.35. The van der Waals surface area contributed by atoms with Crippen LogP contribution in [0.15, 0.2) is 0 Å². The van der Waals surface area contributed by atoms with Gasteiger partial charge in [0.05, 0.1) is 6.61 Å². The molecule has 0 radical (unpaired) electrons. The molecule has 1 aliphatic rings. The van der Waals surface area contributed by atoms with Crippen LogP contribution in [0.5, 0.6) is 0 Å². The molecular formula is C15H28N2O3. The van der Waals surface area contributed by atoms with E-state index in [0.29, 0.717) is 26.2 Å². The molecule has 2 unspecified atom stereocenters. The minimum atomic E-state index is -0.427. The molecule has 20 heavy (non-hydrogen) atoms. The minimum absolute atomic E-state index is 0.0195. The first-order valence-corrected chi connectivity index (χ1v) is 7.51. The molecule has 5 heteroatoms. The number of piperazine rings is 1. The first kappa shape index (κ1) is 17.0. The van der Waals surface area contributed by atoms with E-state index in [1.807, 2.05) is 34.6 Å². The summed E-state index contributed by atoms with van der Waals surface area (Å²) in [4.78, 5) is 26.6. The second-order valence-corrected chi connectivity index (χ2v) is 6.35. The largest absolute Gasteiger partial charge is 0.380 e. The van der Waals surface area contributed by atoms with Gasteiger partial charge in [-0.05, 0) is 18.8 Å². The van der Waals surface area contributed by atoms with Crippen LogP contribution >= 0.6 is 0 Å². The van der Waals surface area contributed by atoms with Gasteiger partial charge in [-0.15, -0.1) is 0 Å². The van der Waals surface area contributed by atoms with E-state index in [1.54, 1.807) is 4.90 Å². The Morgan fingerprint density at radius 3 is 2.40 bits per heavy atom. The van der Waals surface area contributed by atoms with Crippen LogP contribution in [0.1, 0.15) is 47.5 Å². The lowest BCUT2D eigenvalue weighted by atomic mass is 9.83. The first-order chi connectivity index (χ1) is 9.32. The van der Waals surface area contributed by atoms with Crippen LogP contribution in [0, 0.1) is 5.41 Å². The third-order valence-corrected chi connectivity index (χ3v) is 3.54. The molecule has 2 amide bonds. The lowest BCUT2D eigenvalue weighted by molar-refractivity contribution is -0.154. The van der Waals surface area contributed by atoms with Crippen LogP contribution in [-0.4, -0.2) is 48.6 Å². The highest BCUT2D eigenvalue weighted by molar-refractivity contribution is 5.97. The van der Waals surface area contributed by atoms with Crippen LogP contribution in [0.3, 0.4) is 0 Å². The summed E-state index contributed by atoms with van der Waals surface area (Å²) in [5.41, 5.74) is -0.289. The summed E-state index contributed by atoms with van der Waals surface area (Å²) in [7, 11) is 0. The molecule has 0 aromatic carbocycles. The van der Waals surface area contributed by atoms with Gasteiger partial charge in [-0.2, -0.15) is 0 Å². The van der Waals surface area contributed by atoms with Gasteiger partial charge in [-0.1, -0.05) is 34.1 Å². The van der Waals surface area contributed by atoms with Crippen LogP contribution in [0.2, 0.25) is 0 Å². The fraction of sp³-hybridized carbons (Fsp3) is 0.867. The molecule has 1 saturated heterocycles. The SMILES string of the molecule is CCCC1NC(=O)C(C(C)(C)C)N(CCOCC)C1=O. The fourth-order valence-electron chi connectivity index (χ4n) is 2.67. The maximum absolute atomic E-state index is 12.6. The van der Waals surface area contributed by atoms with Gasteiger partial charge in [0.15, 0.2) is 0 Å². The smallest absolute Gasteiger partial charge is 0.245 e. The number of hydrogen-bond acceptors (Lipinski definition) is 3. The maximum atomic E-state index is 12.6. The average Bonchev–Trinajstić information content (AvgIpc) is 2.33. The molecule has 116 valence electrons. The Kier molecular flexibility index (Phi) is 5.99. The van der Waals surface area contributed by atoms with Crippen molar-refractivity contribution < 1.29 is 14.3 Å². The van der Waals surface area contributed by atoms with Gasteiger partial charge in [-0.25, -0.2) is 0 Å². The number of nitrogens with zero attached hydrogens (tertiary/aromatic N) is 1. The van der Waals surface area contributed by atoms with Crippen molar-refractivity contribution in [3.05, 3.63) is 0 Å². The monoisotopic (exact) mass is 284 g/mol. The Balaban J connectivity index is 2.91. The summed E-state index contributed by atoms with van der Waals surface area (Å²) in [5.74, 6) is -0.0295. The molecule has 1 N–H and O–H groups in total. The van der Waals surface area contributed by atoms with E-state index >= 15 is 0 Å². The third kappa shape index (κ3) is 3.95. The lowest BCUT2D eigenvalue weighted by Crippen LogP contribution is -2.67. The topological polar surface area (TPSA) is 58.6 Å². The molecule has 2 atom stereocenters. The fourth-order valence-corrected chi connectivity index (χ4v) is 2.67. The van der Waals surface area contributed by atoms with E-state index in [9.17, 15) is 9.59 Å². The van der Waals surface area contributed by atoms with Gasteiger partial charge < -0.3 is 15.0 Å². The highest BCUT2D eigenvalue weighted by atomic mass is 16.5.